The summed E-state index contributed by atoms with van der Waals surface area (Å²) in [6.45, 7) is 2.43. The van der Waals surface area contributed by atoms with Gasteiger partial charge in [0.2, 0.25) is 5.13 Å². The van der Waals surface area contributed by atoms with E-state index in [1.807, 2.05) is 17.5 Å². The minimum atomic E-state index is -0.476. The summed E-state index contributed by atoms with van der Waals surface area (Å²) in [4.78, 5) is 27.6. The van der Waals surface area contributed by atoms with E-state index in [1.165, 1.54) is 24.3 Å². The molecular weight excluding hydrogens is 414 g/mol. The van der Waals surface area contributed by atoms with E-state index >= 15 is 0 Å². The number of nitrogens with zero attached hydrogens (tertiary/aromatic N) is 5. The van der Waals surface area contributed by atoms with E-state index in [9.17, 15) is 14.9 Å². The van der Waals surface area contributed by atoms with E-state index in [4.69, 9.17) is 4.74 Å². The van der Waals surface area contributed by atoms with Crippen molar-refractivity contribution in [3.8, 4) is 15.6 Å². The van der Waals surface area contributed by atoms with Gasteiger partial charge in [-0.25, -0.2) is 0 Å². The lowest BCUT2D eigenvalue weighted by Gasteiger charge is -2.34. The number of benzene rings is 1. The lowest BCUT2D eigenvalue weighted by Crippen LogP contribution is -2.50. The summed E-state index contributed by atoms with van der Waals surface area (Å²) in [5, 5.41) is 23.0. The number of nitro groups is 1. The minimum absolute atomic E-state index is 0.0151. The van der Waals surface area contributed by atoms with E-state index in [1.54, 1.807) is 27.6 Å². The first-order chi connectivity index (χ1) is 14.1. The summed E-state index contributed by atoms with van der Waals surface area (Å²) in [7, 11) is 0. The highest BCUT2D eigenvalue weighted by Gasteiger charge is 2.24. The molecule has 0 N–H and O–H groups in total. The number of aromatic nitrogens is 2. The van der Waals surface area contributed by atoms with E-state index in [0.717, 1.165) is 15.0 Å². The quantitative estimate of drug-likeness (QED) is 0.437. The number of ether oxygens (including phenoxy) is 1. The summed E-state index contributed by atoms with van der Waals surface area (Å²) in [5.41, 5.74) is -0.0151. The first kappa shape index (κ1) is 19.3. The highest BCUT2D eigenvalue weighted by Crippen LogP contribution is 2.31. The predicted molar refractivity (Wildman–Crippen MR) is 111 cm³/mol. The van der Waals surface area contributed by atoms with Crippen LogP contribution in [0.2, 0.25) is 0 Å². The second-order valence-electron chi connectivity index (χ2n) is 6.27. The minimum Gasteiger partial charge on any atom is -0.484 e. The van der Waals surface area contributed by atoms with Crippen LogP contribution in [0.15, 0.2) is 41.8 Å². The van der Waals surface area contributed by atoms with Crippen molar-refractivity contribution < 1.29 is 14.5 Å². The molecule has 11 heteroatoms. The van der Waals surface area contributed by atoms with Crippen LogP contribution in [0.5, 0.6) is 5.75 Å². The molecule has 0 atom stereocenters. The van der Waals surface area contributed by atoms with Gasteiger partial charge in [-0.05, 0) is 23.6 Å². The Balaban J connectivity index is 1.27. The van der Waals surface area contributed by atoms with Crippen LogP contribution in [-0.4, -0.2) is 58.7 Å². The summed E-state index contributed by atoms with van der Waals surface area (Å²) in [6, 6.07) is 9.70. The zero-order valence-electron chi connectivity index (χ0n) is 15.3. The monoisotopic (exact) mass is 431 g/mol. The van der Waals surface area contributed by atoms with Crippen molar-refractivity contribution >= 4 is 39.4 Å². The second kappa shape index (κ2) is 8.53. The Kier molecular flexibility index (Phi) is 5.67. The number of carbonyl (C=O) groups is 1. The molecule has 1 aromatic carbocycles. The van der Waals surface area contributed by atoms with Gasteiger partial charge in [0.25, 0.3) is 11.6 Å². The molecule has 3 heterocycles. The van der Waals surface area contributed by atoms with E-state index in [0.29, 0.717) is 31.9 Å². The molecule has 1 amide bonds. The standard InChI is InChI=1S/C18H17N5O4S2/c24-16(12-27-14-5-3-13(4-6-14)23(25)26)21-7-9-22(10-8-21)18-20-19-17(29-18)15-2-1-11-28-15/h1-6,11H,7-10,12H2. The van der Waals surface area contributed by atoms with Crippen LogP contribution in [0.1, 0.15) is 0 Å². The molecule has 0 spiro atoms. The van der Waals surface area contributed by atoms with Crippen molar-refractivity contribution in [1.82, 2.24) is 15.1 Å². The lowest BCUT2D eigenvalue weighted by molar-refractivity contribution is -0.384. The number of piperazine rings is 1. The number of hydrogen-bond donors (Lipinski definition) is 0. The maximum absolute atomic E-state index is 12.4. The fraction of sp³-hybridized carbons (Fsp3) is 0.278. The molecule has 0 bridgehead atoms. The van der Waals surface area contributed by atoms with E-state index in [2.05, 4.69) is 15.1 Å². The SMILES string of the molecule is O=C(COc1ccc([N+](=O)[O-])cc1)N1CCN(c2nnc(-c3cccs3)s2)CC1. The van der Waals surface area contributed by atoms with Crippen LogP contribution in [0, 0.1) is 10.1 Å². The van der Waals surface area contributed by atoms with E-state index < -0.39 is 4.92 Å². The number of rotatable bonds is 6. The van der Waals surface area contributed by atoms with Gasteiger partial charge in [-0.3, -0.25) is 14.9 Å². The van der Waals surface area contributed by atoms with Crippen LogP contribution in [0.4, 0.5) is 10.8 Å². The van der Waals surface area contributed by atoms with Gasteiger partial charge in [-0.2, -0.15) is 0 Å². The van der Waals surface area contributed by atoms with Gasteiger partial charge in [0.15, 0.2) is 11.6 Å². The van der Waals surface area contributed by atoms with Gasteiger partial charge in [0.05, 0.1) is 9.80 Å². The maximum atomic E-state index is 12.4. The Morgan fingerprint density at radius 3 is 2.55 bits per heavy atom. The Hall–Kier alpha value is -3.05. The van der Waals surface area contributed by atoms with Crippen LogP contribution in [0.3, 0.4) is 0 Å². The molecule has 0 unspecified atom stereocenters. The van der Waals surface area contributed by atoms with Gasteiger partial charge in [0.1, 0.15) is 5.75 Å². The van der Waals surface area contributed by atoms with Crippen LogP contribution in [-0.2, 0) is 4.79 Å². The van der Waals surface area contributed by atoms with Crippen LogP contribution in [0.25, 0.3) is 9.88 Å². The molecule has 0 aliphatic carbocycles. The number of anilines is 1. The number of hydrogen-bond acceptors (Lipinski definition) is 9. The van der Waals surface area contributed by atoms with Crippen molar-refractivity contribution in [3.63, 3.8) is 0 Å². The molecule has 0 saturated carbocycles. The molecule has 1 saturated heterocycles. The summed E-state index contributed by atoms with van der Waals surface area (Å²) in [5.74, 6) is 0.317. The molecule has 3 aromatic rings. The number of carbonyl (C=O) groups excluding carboxylic acids is 1. The van der Waals surface area contributed by atoms with Crippen molar-refractivity contribution in [2.24, 2.45) is 0 Å². The first-order valence-electron chi connectivity index (χ1n) is 8.87. The summed E-state index contributed by atoms with van der Waals surface area (Å²) >= 11 is 3.19. The number of non-ortho nitro benzene ring substituents is 1. The third-order valence-corrected chi connectivity index (χ3v) is 6.48. The van der Waals surface area contributed by atoms with Gasteiger partial charge in [-0.15, -0.1) is 21.5 Å². The fourth-order valence-electron chi connectivity index (χ4n) is 2.89. The average Bonchev–Trinajstić information content (AvgIpc) is 3.44. The van der Waals surface area contributed by atoms with Crippen molar-refractivity contribution in [1.29, 1.82) is 0 Å². The average molecular weight is 431 g/mol. The van der Waals surface area contributed by atoms with Crippen molar-refractivity contribution in [2.45, 2.75) is 0 Å². The Labute approximate surface area is 174 Å². The fourth-order valence-corrected chi connectivity index (χ4v) is 4.58. The van der Waals surface area contributed by atoms with Crippen molar-refractivity contribution in [3.05, 3.63) is 51.9 Å². The molecular formula is C18H17N5O4S2. The zero-order chi connectivity index (χ0) is 20.2. The Morgan fingerprint density at radius 2 is 1.90 bits per heavy atom. The number of amides is 1. The lowest BCUT2D eigenvalue weighted by atomic mass is 10.3. The van der Waals surface area contributed by atoms with Gasteiger partial charge in [-0.1, -0.05) is 17.4 Å². The summed E-state index contributed by atoms with van der Waals surface area (Å²) < 4.78 is 5.47. The number of nitro benzene ring substituents is 1. The molecule has 2 aromatic heterocycles. The molecule has 1 aliphatic heterocycles. The second-order valence-corrected chi connectivity index (χ2v) is 8.18. The Morgan fingerprint density at radius 1 is 1.14 bits per heavy atom. The molecule has 29 heavy (non-hydrogen) atoms. The first-order valence-corrected chi connectivity index (χ1v) is 10.6. The van der Waals surface area contributed by atoms with E-state index in [-0.39, 0.29) is 18.2 Å². The molecule has 9 nitrogen and oxygen atoms in total. The molecule has 1 aliphatic rings. The largest absolute Gasteiger partial charge is 0.484 e. The third-order valence-electron chi connectivity index (χ3n) is 4.46. The van der Waals surface area contributed by atoms with Crippen LogP contribution < -0.4 is 9.64 Å². The smallest absolute Gasteiger partial charge is 0.269 e. The summed E-state index contributed by atoms with van der Waals surface area (Å²) in [6.07, 6.45) is 0. The number of thiophene rings is 1. The van der Waals surface area contributed by atoms with Gasteiger partial charge in [0, 0.05) is 38.3 Å². The molecule has 150 valence electrons. The van der Waals surface area contributed by atoms with Crippen molar-refractivity contribution in [2.75, 3.05) is 37.7 Å². The molecule has 1 fully saturated rings. The Bertz CT molecular complexity index is 982. The van der Waals surface area contributed by atoms with Crippen LogP contribution >= 0.6 is 22.7 Å². The highest BCUT2D eigenvalue weighted by atomic mass is 32.1. The van der Waals surface area contributed by atoms with Gasteiger partial charge >= 0.3 is 0 Å². The van der Waals surface area contributed by atoms with Gasteiger partial charge < -0.3 is 14.5 Å². The topological polar surface area (TPSA) is 102 Å². The molecule has 0 radical (unpaired) electrons. The maximum Gasteiger partial charge on any atom is 0.269 e. The highest BCUT2D eigenvalue weighted by molar-refractivity contribution is 7.22. The third kappa shape index (κ3) is 4.51. The normalized spacial score (nSPS) is 14.1. The molecule has 4 rings (SSSR count). The predicted octanol–water partition coefficient (Wildman–Crippen LogP) is 2.90. The zero-order valence-corrected chi connectivity index (χ0v) is 16.9.